The molecule has 0 spiro atoms. The molecule has 1 aromatic carbocycles. The smallest absolute Gasteiger partial charge is 0.0143 e. The number of rotatable bonds is 7. The third-order valence-electron chi connectivity index (χ3n) is 2.49. The van der Waals surface area contributed by atoms with Crippen LogP contribution in [0.3, 0.4) is 0 Å². The Morgan fingerprint density at radius 1 is 1.11 bits per heavy atom. The summed E-state index contributed by atoms with van der Waals surface area (Å²) in [5, 5.41) is 3.26. The average Bonchev–Trinajstić information content (AvgIpc) is 2.46. The van der Waals surface area contributed by atoms with Gasteiger partial charge in [-0.25, -0.2) is 0 Å². The van der Waals surface area contributed by atoms with Gasteiger partial charge in [-0.1, -0.05) is 74.2 Å². The van der Waals surface area contributed by atoms with Gasteiger partial charge in [0, 0.05) is 11.9 Å². The zero-order valence-corrected chi connectivity index (χ0v) is 11.4. The van der Waals surface area contributed by atoms with Gasteiger partial charge in [-0.05, 0) is 24.1 Å². The predicted octanol–water partition coefficient (Wildman–Crippen LogP) is 4.84. The SMILES string of the molecule is C=C/C=C\C=C\N/C(=C/C=C/c1ccccc1)CC. The van der Waals surface area contributed by atoms with Gasteiger partial charge < -0.3 is 5.32 Å². The summed E-state index contributed by atoms with van der Waals surface area (Å²) in [6.45, 7) is 5.74. The first-order chi connectivity index (χ1) is 9.36. The Morgan fingerprint density at radius 3 is 2.58 bits per heavy atom. The number of allylic oxidation sites excluding steroid dienone is 7. The van der Waals surface area contributed by atoms with E-state index < -0.39 is 0 Å². The van der Waals surface area contributed by atoms with Crippen molar-refractivity contribution in [2.24, 2.45) is 0 Å². The zero-order chi connectivity index (χ0) is 13.8. The fourth-order valence-corrected chi connectivity index (χ4v) is 1.46. The minimum absolute atomic E-state index is 0.967. The Labute approximate surface area is 116 Å². The highest BCUT2D eigenvalue weighted by Crippen LogP contribution is 2.03. The summed E-state index contributed by atoms with van der Waals surface area (Å²) in [5.41, 5.74) is 2.38. The van der Waals surface area contributed by atoms with Crippen LogP contribution in [0, 0.1) is 0 Å². The molecule has 1 nitrogen and oxygen atoms in total. The first kappa shape index (κ1) is 14.8. The first-order valence-corrected chi connectivity index (χ1v) is 6.50. The van der Waals surface area contributed by atoms with Crippen molar-refractivity contribution in [2.45, 2.75) is 13.3 Å². The van der Waals surface area contributed by atoms with Crippen LogP contribution >= 0.6 is 0 Å². The Balaban J connectivity index is 2.52. The van der Waals surface area contributed by atoms with Crippen LogP contribution in [0.15, 0.2) is 85.3 Å². The summed E-state index contributed by atoms with van der Waals surface area (Å²) in [5.74, 6) is 0. The topological polar surface area (TPSA) is 12.0 Å². The van der Waals surface area contributed by atoms with Gasteiger partial charge in [-0.3, -0.25) is 0 Å². The Bertz CT molecular complexity index is 476. The molecule has 0 saturated heterocycles. The highest BCUT2D eigenvalue weighted by Gasteiger charge is 1.86. The van der Waals surface area contributed by atoms with Crippen molar-refractivity contribution in [3.8, 4) is 0 Å². The highest BCUT2D eigenvalue weighted by molar-refractivity contribution is 5.50. The molecule has 0 aromatic heterocycles. The molecule has 0 unspecified atom stereocenters. The molecule has 0 radical (unpaired) electrons. The Hall–Kier alpha value is -2.28. The van der Waals surface area contributed by atoms with Gasteiger partial charge in [0.1, 0.15) is 0 Å². The number of hydrogen-bond donors (Lipinski definition) is 1. The fourth-order valence-electron chi connectivity index (χ4n) is 1.46. The van der Waals surface area contributed by atoms with E-state index in [0.717, 1.165) is 6.42 Å². The van der Waals surface area contributed by atoms with Crippen LogP contribution in [0.1, 0.15) is 18.9 Å². The third-order valence-corrected chi connectivity index (χ3v) is 2.49. The summed E-state index contributed by atoms with van der Waals surface area (Å²) < 4.78 is 0. The molecule has 0 aliphatic rings. The van der Waals surface area contributed by atoms with Gasteiger partial charge >= 0.3 is 0 Å². The molecule has 0 aliphatic carbocycles. The maximum Gasteiger partial charge on any atom is 0.0143 e. The molecular weight excluding hydrogens is 230 g/mol. The zero-order valence-electron chi connectivity index (χ0n) is 11.4. The van der Waals surface area contributed by atoms with Crippen LogP contribution in [0.5, 0.6) is 0 Å². The summed E-state index contributed by atoms with van der Waals surface area (Å²) in [6, 6.07) is 10.3. The monoisotopic (exact) mass is 251 g/mol. The van der Waals surface area contributed by atoms with E-state index in [1.165, 1.54) is 11.3 Å². The summed E-state index contributed by atoms with van der Waals surface area (Å²) >= 11 is 0. The first-order valence-electron chi connectivity index (χ1n) is 6.50. The summed E-state index contributed by atoms with van der Waals surface area (Å²) in [7, 11) is 0. The normalized spacial score (nSPS) is 12.6. The highest BCUT2D eigenvalue weighted by atomic mass is 14.8. The number of hydrogen-bond acceptors (Lipinski definition) is 1. The molecule has 0 bridgehead atoms. The van der Waals surface area contributed by atoms with Crippen LogP contribution in [-0.2, 0) is 0 Å². The lowest BCUT2D eigenvalue weighted by molar-refractivity contribution is 0.944. The van der Waals surface area contributed by atoms with Crippen molar-refractivity contribution >= 4 is 6.08 Å². The van der Waals surface area contributed by atoms with E-state index in [2.05, 4.69) is 49.2 Å². The van der Waals surface area contributed by atoms with Crippen molar-refractivity contribution in [1.82, 2.24) is 5.32 Å². The van der Waals surface area contributed by atoms with Crippen molar-refractivity contribution in [3.05, 3.63) is 90.8 Å². The van der Waals surface area contributed by atoms with Gasteiger partial charge in [0.2, 0.25) is 0 Å². The molecule has 1 N–H and O–H groups in total. The largest absolute Gasteiger partial charge is 0.365 e. The number of nitrogens with one attached hydrogen (secondary N) is 1. The van der Waals surface area contributed by atoms with Gasteiger partial charge in [0.25, 0.3) is 0 Å². The van der Waals surface area contributed by atoms with E-state index in [4.69, 9.17) is 0 Å². The molecule has 1 aromatic rings. The lowest BCUT2D eigenvalue weighted by Gasteiger charge is -2.01. The maximum absolute atomic E-state index is 3.62. The molecule has 0 fully saturated rings. The molecular formula is C18H21N. The van der Waals surface area contributed by atoms with E-state index in [-0.39, 0.29) is 0 Å². The average molecular weight is 251 g/mol. The standard InChI is InChI=1S/C18H21N/c1-3-5-6-10-16-19-18(4-2)15-11-14-17-12-8-7-9-13-17/h3,5-16,19H,1,4H2,2H3/b6-5-,14-11+,16-10+,18-15+. The molecule has 1 rings (SSSR count). The van der Waals surface area contributed by atoms with E-state index in [1.807, 2.05) is 42.6 Å². The molecule has 0 saturated carbocycles. The van der Waals surface area contributed by atoms with Crippen molar-refractivity contribution < 1.29 is 0 Å². The van der Waals surface area contributed by atoms with E-state index in [0.29, 0.717) is 0 Å². The lowest BCUT2D eigenvalue weighted by atomic mass is 10.2. The number of benzene rings is 1. The maximum atomic E-state index is 3.62. The van der Waals surface area contributed by atoms with Crippen molar-refractivity contribution in [1.29, 1.82) is 0 Å². The molecule has 19 heavy (non-hydrogen) atoms. The summed E-state index contributed by atoms with van der Waals surface area (Å²) in [6.07, 6.45) is 16.7. The molecule has 98 valence electrons. The molecule has 0 aliphatic heterocycles. The van der Waals surface area contributed by atoms with Crippen LogP contribution in [0.2, 0.25) is 0 Å². The Morgan fingerprint density at radius 2 is 1.89 bits per heavy atom. The minimum Gasteiger partial charge on any atom is -0.365 e. The van der Waals surface area contributed by atoms with Crippen LogP contribution in [0.4, 0.5) is 0 Å². The fraction of sp³-hybridized carbons (Fsp3) is 0.111. The van der Waals surface area contributed by atoms with E-state index >= 15 is 0 Å². The second kappa shape index (κ2) is 9.72. The second-order valence-corrected chi connectivity index (χ2v) is 3.94. The van der Waals surface area contributed by atoms with E-state index in [1.54, 1.807) is 6.08 Å². The van der Waals surface area contributed by atoms with Crippen molar-refractivity contribution in [3.63, 3.8) is 0 Å². The van der Waals surface area contributed by atoms with Gasteiger partial charge in [-0.15, -0.1) is 0 Å². The third kappa shape index (κ3) is 6.89. The second-order valence-electron chi connectivity index (χ2n) is 3.94. The van der Waals surface area contributed by atoms with Crippen LogP contribution in [-0.4, -0.2) is 0 Å². The molecule has 1 heteroatoms. The quantitative estimate of drug-likeness (QED) is 0.684. The molecule has 0 atom stereocenters. The minimum atomic E-state index is 0.967. The Kier molecular flexibility index (Phi) is 7.56. The lowest BCUT2D eigenvalue weighted by Crippen LogP contribution is -2.02. The summed E-state index contributed by atoms with van der Waals surface area (Å²) in [4.78, 5) is 0. The molecule has 0 amide bonds. The van der Waals surface area contributed by atoms with Gasteiger partial charge in [0.15, 0.2) is 0 Å². The molecule has 0 heterocycles. The van der Waals surface area contributed by atoms with Crippen LogP contribution < -0.4 is 5.32 Å². The van der Waals surface area contributed by atoms with E-state index in [9.17, 15) is 0 Å². The van der Waals surface area contributed by atoms with Gasteiger partial charge in [0.05, 0.1) is 0 Å². The van der Waals surface area contributed by atoms with Crippen molar-refractivity contribution in [2.75, 3.05) is 0 Å². The predicted molar refractivity (Wildman–Crippen MR) is 85.5 cm³/mol. The van der Waals surface area contributed by atoms with Gasteiger partial charge in [-0.2, -0.15) is 0 Å². The van der Waals surface area contributed by atoms with Crippen LogP contribution in [0.25, 0.3) is 6.08 Å².